The number of hydrogen-bond acceptors (Lipinski definition) is 2. The summed E-state index contributed by atoms with van der Waals surface area (Å²) >= 11 is 0. The minimum absolute atomic E-state index is 0.0854. The minimum Gasteiger partial charge on any atom is -0.300 e. The lowest BCUT2D eigenvalue weighted by atomic mass is 9.82. The smallest absolute Gasteiger partial charge is 0.0693 e. The van der Waals surface area contributed by atoms with Crippen molar-refractivity contribution in [1.29, 1.82) is 5.26 Å². The van der Waals surface area contributed by atoms with Crippen LogP contribution in [0.1, 0.15) is 51.4 Å². The van der Waals surface area contributed by atoms with Gasteiger partial charge in [0.05, 0.1) is 11.5 Å². The van der Waals surface area contributed by atoms with Crippen molar-refractivity contribution in [2.75, 3.05) is 13.1 Å². The summed E-state index contributed by atoms with van der Waals surface area (Å²) in [6, 6.07) is 3.42. The lowest BCUT2D eigenvalue weighted by Gasteiger charge is -2.33. The van der Waals surface area contributed by atoms with Crippen molar-refractivity contribution in [3.63, 3.8) is 0 Å². The van der Waals surface area contributed by atoms with Gasteiger partial charge in [-0.3, -0.25) is 0 Å². The molecule has 0 amide bonds. The highest BCUT2D eigenvalue weighted by atomic mass is 15.2. The number of piperidine rings is 1. The summed E-state index contributed by atoms with van der Waals surface area (Å²) in [6.45, 7) is 2.58. The molecule has 1 heterocycles. The second-order valence-electron chi connectivity index (χ2n) is 6.04. The molecular weight excluding hydrogens is 196 g/mol. The summed E-state index contributed by atoms with van der Waals surface area (Å²) in [5, 5.41) is 9.47. The van der Waals surface area contributed by atoms with Crippen molar-refractivity contribution in [3.05, 3.63) is 0 Å². The van der Waals surface area contributed by atoms with E-state index in [0.717, 1.165) is 12.0 Å². The van der Waals surface area contributed by atoms with E-state index in [0.29, 0.717) is 0 Å². The monoisotopic (exact) mass is 218 g/mol. The number of rotatable bonds is 2. The predicted molar refractivity (Wildman–Crippen MR) is 63.8 cm³/mol. The number of hydrogen-bond donors (Lipinski definition) is 0. The zero-order valence-electron chi connectivity index (χ0n) is 10.1. The first kappa shape index (κ1) is 10.6. The van der Waals surface area contributed by atoms with Gasteiger partial charge in [0.1, 0.15) is 0 Å². The van der Waals surface area contributed by atoms with Gasteiger partial charge in [0.15, 0.2) is 0 Å². The molecule has 0 aromatic carbocycles. The third-order valence-electron chi connectivity index (χ3n) is 5.01. The number of nitrogens with zero attached hydrogens (tertiary/aromatic N) is 2. The van der Waals surface area contributed by atoms with Crippen LogP contribution in [0.4, 0.5) is 0 Å². The van der Waals surface area contributed by atoms with Gasteiger partial charge >= 0.3 is 0 Å². The van der Waals surface area contributed by atoms with E-state index in [-0.39, 0.29) is 5.41 Å². The number of nitriles is 1. The minimum atomic E-state index is 0.0854. The van der Waals surface area contributed by atoms with E-state index in [4.69, 9.17) is 0 Å². The standard InChI is InChI=1S/C14H22N2/c15-11-14(12-4-5-12)7-6-13(10-14)16-8-2-1-3-9-16/h12-13H,1-10H2. The molecule has 0 N–H and O–H groups in total. The summed E-state index contributed by atoms with van der Waals surface area (Å²) in [7, 11) is 0. The summed E-state index contributed by atoms with van der Waals surface area (Å²) in [5.74, 6) is 0.757. The van der Waals surface area contributed by atoms with Crippen molar-refractivity contribution in [2.45, 2.75) is 57.4 Å². The maximum Gasteiger partial charge on any atom is 0.0693 e. The molecule has 2 saturated carbocycles. The van der Waals surface area contributed by atoms with Crippen molar-refractivity contribution >= 4 is 0 Å². The molecule has 0 spiro atoms. The Kier molecular flexibility index (Phi) is 2.67. The van der Waals surface area contributed by atoms with Crippen LogP contribution in [0.3, 0.4) is 0 Å². The van der Waals surface area contributed by atoms with Gasteiger partial charge in [-0.2, -0.15) is 5.26 Å². The van der Waals surface area contributed by atoms with Crippen molar-refractivity contribution < 1.29 is 0 Å². The van der Waals surface area contributed by atoms with Crippen LogP contribution in [0.5, 0.6) is 0 Å². The van der Waals surface area contributed by atoms with Gasteiger partial charge < -0.3 is 4.90 Å². The van der Waals surface area contributed by atoms with Gasteiger partial charge in [0.2, 0.25) is 0 Å². The second-order valence-corrected chi connectivity index (χ2v) is 6.04. The average Bonchev–Trinajstić information content (AvgIpc) is 3.11. The van der Waals surface area contributed by atoms with Crippen molar-refractivity contribution in [3.8, 4) is 6.07 Å². The molecule has 0 aromatic heterocycles. The molecule has 88 valence electrons. The Balaban J connectivity index is 1.65. The first-order valence-electron chi connectivity index (χ1n) is 6.99. The molecule has 1 saturated heterocycles. The van der Waals surface area contributed by atoms with Gasteiger partial charge in [-0.25, -0.2) is 0 Å². The van der Waals surface area contributed by atoms with E-state index in [2.05, 4.69) is 11.0 Å². The van der Waals surface area contributed by atoms with Gasteiger partial charge in [0, 0.05) is 6.04 Å². The van der Waals surface area contributed by atoms with E-state index in [1.807, 2.05) is 0 Å². The Bertz CT molecular complexity index is 296. The molecule has 0 bridgehead atoms. The molecule has 2 unspecified atom stereocenters. The molecule has 2 heteroatoms. The zero-order valence-corrected chi connectivity index (χ0v) is 10.1. The van der Waals surface area contributed by atoms with Crippen LogP contribution in [-0.4, -0.2) is 24.0 Å². The fourth-order valence-corrected chi connectivity index (χ4v) is 3.84. The quantitative estimate of drug-likeness (QED) is 0.712. The summed E-state index contributed by atoms with van der Waals surface area (Å²) in [4.78, 5) is 2.67. The second kappa shape index (κ2) is 4.04. The third-order valence-corrected chi connectivity index (χ3v) is 5.01. The Hall–Kier alpha value is -0.550. The van der Waals surface area contributed by atoms with E-state index in [1.165, 1.54) is 64.5 Å². The third kappa shape index (κ3) is 1.76. The van der Waals surface area contributed by atoms with E-state index in [1.54, 1.807) is 0 Å². The van der Waals surface area contributed by atoms with E-state index in [9.17, 15) is 5.26 Å². The van der Waals surface area contributed by atoms with Crippen LogP contribution in [0, 0.1) is 22.7 Å². The zero-order chi connectivity index (χ0) is 11.0. The highest BCUT2D eigenvalue weighted by Crippen LogP contribution is 2.55. The van der Waals surface area contributed by atoms with Gasteiger partial charge in [-0.15, -0.1) is 0 Å². The Morgan fingerprint density at radius 1 is 1.06 bits per heavy atom. The van der Waals surface area contributed by atoms with Crippen LogP contribution < -0.4 is 0 Å². The van der Waals surface area contributed by atoms with Gasteiger partial charge in [-0.1, -0.05) is 6.42 Å². The molecule has 0 radical (unpaired) electrons. The lowest BCUT2D eigenvalue weighted by molar-refractivity contribution is 0.155. The molecule has 3 aliphatic rings. The average molecular weight is 218 g/mol. The normalized spacial score (nSPS) is 40.8. The van der Waals surface area contributed by atoms with Crippen LogP contribution in [0.15, 0.2) is 0 Å². The van der Waals surface area contributed by atoms with E-state index < -0.39 is 0 Å². The SMILES string of the molecule is N#CC1(C2CC2)CCC(N2CCCCC2)C1. The largest absolute Gasteiger partial charge is 0.300 e. The van der Waals surface area contributed by atoms with Gasteiger partial charge in [-0.05, 0) is 64.0 Å². The molecule has 2 aliphatic carbocycles. The molecular formula is C14H22N2. The molecule has 3 rings (SSSR count). The first-order chi connectivity index (χ1) is 7.84. The summed E-state index contributed by atoms with van der Waals surface area (Å²) < 4.78 is 0. The maximum atomic E-state index is 9.47. The van der Waals surface area contributed by atoms with Crippen molar-refractivity contribution in [1.82, 2.24) is 4.90 Å². The lowest BCUT2D eigenvalue weighted by Crippen LogP contribution is -2.38. The molecule has 2 nitrogen and oxygen atoms in total. The molecule has 0 aromatic rings. The number of likely N-dealkylation sites (tertiary alicyclic amines) is 1. The fourth-order valence-electron chi connectivity index (χ4n) is 3.84. The summed E-state index contributed by atoms with van der Waals surface area (Å²) in [6.07, 6.45) is 10.4. The van der Waals surface area contributed by atoms with Gasteiger partial charge in [0.25, 0.3) is 0 Å². The summed E-state index contributed by atoms with van der Waals surface area (Å²) in [5.41, 5.74) is 0.0854. The molecule has 3 fully saturated rings. The van der Waals surface area contributed by atoms with E-state index >= 15 is 0 Å². The molecule has 1 aliphatic heterocycles. The first-order valence-corrected chi connectivity index (χ1v) is 6.99. The highest BCUT2D eigenvalue weighted by molar-refractivity contribution is 5.12. The predicted octanol–water partition coefficient (Wildman–Crippen LogP) is 2.94. The highest BCUT2D eigenvalue weighted by Gasteiger charge is 2.51. The van der Waals surface area contributed by atoms with Crippen LogP contribution in [0.2, 0.25) is 0 Å². The van der Waals surface area contributed by atoms with Crippen LogP contribution in [0.25, 0.3) is 0 Å². The Labute approximate surface area is 98.6 Å². The Morgan fingerprint density at radius 2 is 1.81 bits per heavy atom. The fraction of sp³-hybridized carbons (Fsp3) is 0.929. The van der Waals surface area contributed by atoms with Crippen molar-refractivity contribution in [2.24, 2.45) is 11.3 Å². The maximum absolute atomic E-state index is 9.47. The Morgan fingerprint density at radius 3 is 2.44 bits per heavy atom. The molecule has 16 heavy (non-hydrogen) atoms. The topological polar surface area (TPSA) is 27.0 Å². The van der Waals surface area contributed by atoms with Crippen LogP contribution >= 0.6 is 0 Å². The molecule has 2 atom stereocenters. The van der Waals surface area contributed by atoms with Crippen LogP contribution in [-0.2, 0) is 0 Å².